The molecule has 1 N–H and O–H groups in total. The lowest BCUT2D eigenvalue weighted by atomic mass is 10.2. The van der Waals surface area contributed by atoms with Gasteiger partial charge in [0.1, 0.15) is 0 Å². The second-order valence-corrected chi connectivity index (χ2v) is 6.24. The van der Waals surface area contributed by atoms with E-state index in [0.29, 0.717) is 12.6 Å². The van der Waals surface area contributed by atoms with Gasteiger partial charge in [-0.05, 0) is 57.8 Å². The standard InChI is InChI=1S/C18H30N2O/c1-17-15-19(16-18-9-4-2-5-10-18)11-8-13-20(17)12-6-3-7-14-21/h2,4-5,9-10,17,21H,3,6-8,11-16H2,1H3. The molecule has 0 aliphatic carbocycles. The lowest BCUT2D eigenvalue weighted by Gasteiger charge is -2.29. The van der Waals surface area contributed by atoms with Crippen molar-refractivity contribution in [3.8, 4) is 0 Å². The summed E-state index contributed by atoms with van der Waals surface area (Å²) in [6.45, 7) is 8.52. The van der Waals surface area contributed by atoms with Crippen LogP contribution in [0.1, 0.15) is 38.2 Å². The van der Waals surface area contributed by atoms with Gasteiger partial charge >= 0.3 is 0 Å². The maximum absolute atomic E-state index is 8.85. The Balaban J connectivity index is 1.78. The van der Waals surface area contributed by atoms with Gasteiger partial charge in [0, 0.05) is 25.7 Å². The van der Waals surface area contributed by atoms with Gasteiger partial charge in [-0.3, -0.25) is 9.80 Å². The van der Waals surface area contributed by atoms with Crippen LogP contribution in [0, 0.1) is 0 Å². The third-order valence-corrected chi connectivity index (χ3v) is 4.42. The van der Waals surface area contributed by atoms with E-state index in [-0.39, 0.29) is 0 Å². The molecule has 1 heterocycles. The first kappa shape index (κ1) is 16.5. The first-order valence-corrected chi connectivity index (χ1v) is 8.41. The molecule has 118 valence electrons. The molecule has 1 saturated heterocycles. The molecule has 2 rings (SSSR count). The summed E-state index contributed by atoms with van der Waals surface area (Å²) in [5.41, 5.74) is 1.42. The highest BCUT2D eigenvalue weighted by Crippen LogP contribution is 2.14. The Hall–Kier alpha value is -0.900. The van der Waals surface area contributed by atoms with Crippen LogP contribution in [0.4, 0.5) is 0 Å². The number of hydrogen-bond donors (Lipinski definition) is 1. The fraction of sp³-hybridized carbons (Fsp3) is 0.667. The van der Waals surface area contributed by atoms with Crippen LogP contribution in [0.2, 0.25) is 0 Å². The normalized spacial score (nSPS) is 21.3. The minimum atomic E-state index is 0.334. The minimum Gasteiger partial charge on any atom is -0.396 e. The third kappa shape index (κ3) is 5.77. The molecule has 0 aromatic heterocycles. The molecule has 3 nitrogen and oxygen atoms in total. The van der Waals surface area contributed by atoms with E-state index in [1.165, 1.54) is 38.0 Å². The van der Waals surface area contributed by atoms with Crippen molar-refractivity contribution in [2.75, 3.05) is 32.8 Å². The second kappa shape index (κ2) is 9.19. The Bertz CT molecular complexity index is 382. The van der Waals surface area contributed by atoms with Crippen LogP contribution in [-0.2, 0) is 6.54 Å². The molecule has 1 aliphatic rings. The van der Waals surface area contributed by atoms with Crippen LogP contribution in [0.3, 0.4) is 0 Å². The van der Waals surface area contributed by atoms with Gasteiger partial charge in [0.25, 0.3) is 0 Å². The topological polar surface area (TPSA) is 26.7 Å². The summed E-state index contributed by atoms with van der Waals surface area (Å²) in [7, 11) is 0. The number of aliphatic hydroxyl groups excluding tert-OH is 1. The molecule has 0 amide bonds. The molecular formula is C18H30N2O. The number of hydrogen-bond acceptors (Lipinski definition) is 3. The van der Waals surface area contributed by atoms with E-state index >= 15 is 0 Å². The van der Waals surface area contributed by atoms with Gasteiger partial charge in [-0.15, -0.1) is 0 Å². The smallest absolute Gasteiger partial charge is 0.0431 e. The summed E-state index contributed by atoms with van der Waals surface area (Å²) in [4.78, 5) is 5.22. The fourth-order valence-corrected chi connectivity index (χ4v) is 3.22. The van der Waals surface area contributed by atoms with Crippen LogP contribution in [0.5, 0.6) is 0 Å². The SMILES string of the molecule is CC1CN(Cc2ccccc2)CCCN1CCCCCO. The summed E-state index contributed by atoms with van der Waals surface area (Å²) < 4.78 is 0. The fourth-order valence-electron chi connectivity index (χ4n) is 3.22. The van der Waals surface area contributed by atoms with Crippen molar-refractivity contribution in [1.29, 1.82) is 0 Å². The lowest BCUT2D eigenvalue weighted by Crippen LogP contribution is -2.39. The predicted octanol–water partition coefficient (Wildman–Crippen LogP) is 2.75. The van der Waals surface area contributed by atoms with Gasteiger partial charge in [0.05, 0.1) is 0 Å². The van der Waals surface area contributed by atoms with Crippen molar-refractivity contribution >= 4 is 0 Å². The summed E-state index contributed by atoms with van der Waals surface area (Å²) in [6.07, 6.45) is 4.57. The molecule has 21 heavy (non-hydrogen) atoms. The highest BCUT2D eigenvalue weighted by Gasteiger charge is 2.20. The molecule has 1 aliphatic heterocycles. The number of benzene rings is 1. The van der Waals surface area contributed by atoms with Crippen molar-refractivity contribution in [1.82, 2.24) is 9.80 Å². The zero-order valence-corrected chi connectivity index (χ0v) is 13.4. The number of nitrogens with zero attached hydrogens (tertiary/aromatic N) is 2. The molecule has 3 heteroatoms. The van der Waals surface area contributed by atoms with Gasteiger partial charge in [-0.25, -0.2) is 0 Å². The Morgan fingerprint density at radius 3 is 2.67 bits per heavy atom. The van der Waals surface area contributed by atoms with E-state index in [4.69, 9.17) is 5.11 Å². The van der Waals surface area contributed by atoms with Crippen LogP contribution in [-0.4, -0.2) is 53.7 Å². The van der Waals surface area contributed by atoms with Crippen LogP contribution >= 0.6 is 0 Å². The van der Waals surface area contributed by atoms with Crippen LogP contribution in [0.15, 0.2) is 30.3 Å². The summed E-state index contributed by atoms with van der Waals surface area (Å²) in [5.74, 6) is 0. The maximum Gasteiger partial charge on any atom is 0.0431 e. The van der Waals surface area contributed by atoms with Crippen LogP contribution < -0.4 is 0 Å². The molecule has 0 saturated carbocycles. The molecule has 1 atom stereocenters. The molecular weight excluding hydrogens is 260 g/mol. The van der Waals surface area contributed by atoms with Crippen LogP contribution in [0.25, 0.3) is 0 Å². The van der Waals surface area contributed by atoms with Gasteiger partial charge in [0.15, 0.2) is 0 Å². The van der Waals surface area contributed by atoms with E-state index in [9.17, 15) is 0 Å². The third-order valence-electron chi connectivity index (χ3n) is 4.42. The highest BCUT2D eigenvalue weighted by atomic mass is 16.2. The molecule has 1 unspecified atom stereocenters. The van der Waals surface area contributed by atoms with Gasteiger partial charge in [-0.2, -0.15) is 0 Å². The number of unbranched alkanes of at least 4 members (excludes halogenated alkanes) is 2. The van der Waals surface area contributed by atoms with E-state index in [1.54, 1.807) is 0 Å². The second-order valence-electron chi connectivity index (χ2n) is 6.24. The molecule has 1 fully saturated rings. The number of rotatable bonds is 7. The highest BCUT2D eigenvalue weighted by molar-refractivity contribution is 5.14. The van der Waals surface area contributed by atoms with Gasteiger partial charge in [-0.1, -0.05) is 30.3 Å². The van der Waals surface area contributed by atoms with Crippen molar-refractivity contribution < 1.29 is 5.11 Å². The molecule has 0 radical (unpaired) electrons. The molecule has 1 aromatic rings. The quantitative estimate of drug-likeness (QED) is 0.782. The Labute approximate surface area is 129 Å². The lowest BCUT2D eigenvalue weighted by molar-refractivity contribution is 0.183. The van der Waals surface area contributed by atoms with Crippen molar-refractivity contribution in [3.05, 3.63) is 35.9 Å². The monoisotopic (exact) mass is 290 g/mol. The Kier molecular flexibility index (Phi) is 7.20. The summed E-state index contributed by atoms with van der Waals surface area (Å²) in [6, 6.07) is 11.4. The van der Waals surface area contributed by atoms with Crippen molar-refractivity contribution in [2.24, 2.45) is 0 Å². The zero-order valence-electron chi connectivity index (χ0n) is 13.4. The average Bonchev–Trinajstić information content (AvgIpc) is 2.66. The minimum absolute atomic E-state index is 0.334. The zero-order chi connectivity index (χ0) is 14.9. The summed E-state index contributed by atoms with van der Waals surface area (Å²) >= 11 is 0. The largest absolute Gasteiger partial charge is 0.396 e. The first-order valence-electron chi connectivity index (χ1n) is 8.41. The molecule has 0 bridgehead atoms. The van der Waals surface area contributed by atoms with Gasteiger partial charge in [0.2, 0.25) is 0 Å². The van der Waals surface area contributed by atoms with E-state index in [0.717, 1.165) is 25.9 Å². The molecule has 1 aromatic carbocycles. The molecule has 0 spiro atoms. The Morgan fingerprint density at radius 2 is 1.90 bits per heavy atom. The maximum atomic E-state index is 8.85. The first-order chi connectivity index (χ1) is 10.3. The summed E-state index contributed by atoms with van der Waals surface area (Å²) in [5, 5.41) is 8.85. The van der Waals surface area contributed by atoms with E-state index in [2.05, 4.69) is 47.1 Å². The van der Waals surface area contributed by atoms with Gasteiger partial charge < -0.3 is 5.11 Å². The Morgan fingerprint density at radius 1 is 1.10 bits per heavy atom. The van der Waals surface area contributed by atoms with Crippen molar-refractivity contribution in [3.63, 3.8) is 0 Å². The van der Waals surface area contributed by atoms with E-state index < -0.39 is 0 Å². The predicted molar refractivity (Wildman–Crippen MR) is 88.3 cm³/mol. The number of aliphatic hydroxyl groups is 1. The van der Waals surface area contributed by atoms with Crippen molar-refractivity contribution in [2.45, 2.75) is 45.2 Å². The van der Waals surface area contributed by atoms with E-state index in [1.807, 2.05) is 0 Å². The average molecular weight is 290 g/mol.